The van der Waals surface area contributed by atoms with E-state index in [4.69, 9.17) is 0 Å². The molecule has 3 nitrogen and oxygen atoms in total. The normalized spacial score (nSPS) is 11.0. The van der Waals surface area contributed by atoms with Gasteiger partial charge in [-0.3, -0.25) is 0 Å². The van der Waals surface area contributed by atoms with Gasteiger partial charge in [0.25, 0.3) is 0 Å². The minimum absolute atomic E-state index is 0.369. The van der Waals surface area contributed by atoms with Crippen LogP contribution in [0, 0.1) is 5.92 Å². The first-order valence-corrected chi connectivity index (χ1v) is 7.65. The van der Waals surface area contributed by atoms with Gasteiger partial charge in [-0.05, 0) is 24.3 Å². The molecule has 106 valence electrons. The number of benzene rings is 1. The molecule has 0 aliphatic carbocycles. The maximum Gasteiger partial charge on any atom is 0.347 e. The van der Waals surface area contributed by atoms with Crippen LogP contribution in [0.1, 0.15) is 41.7 Å². The van der Waals surface area contributed by atoms with Gasteiger partial charge in [0.05, 0.1) is 5.69 Å². The summed E-state index contributed by atoms with van der Waals surface area (Å²) in [5.74, 6) is -0.486. The third-order valence-corrected chi connectivity index (χ3v) is 4.24. The first kappa shape index (κ1) is 14.7. The molecule has 1 heterocycles. The van der Waals surface area contributed by atoms with Crippen LogP contribution in [0.2, 0.25) is 0 Å². The standard InChI is InChI=1S/C16H19NO2S/c1-4-11-5-7-12(8-6-11)15-17-13(9-10(2)3)14(20-15)16(18)19/h5-8,10H,4,9H2,1-3H3,(H,18,19). The Kier molecular flexibility index (Phi) is 4.55. The third kappa shape index (κ3) is 3.25. The van der Waals surface area contributed by atoms with E-state index < -0.39 is 5.97 Å². The number of aryl methyl sites for hydroxylation is 1. The van der Waals surface area contributed by atoms with Crippen LogP contribution in [0.25, 0.3) is 10.6 Å². The van der Waals surface area contributed by atoms with Crippen molar-refractivity contribution >= 4 is 17.3 Å². The molecule has 0 unspecified atom stereocenters. The molecule has 2 aromatic rings. The van der Waals surface area contributed by atoms with E-state index in [2.05, 4.69) is 37.9 Å². The molecule has 0 amide bonds. The van der Waals surface area contributed by atoms with Gasteiger partial charge in [0, 0.05) is 5.56 Å². The quantitative estimate of drug-likeness (QED) is 0.894. The summed E-state index contributed by atoms with van der Waals surface area (Å²) in [4.78, 5) is 16.2. The van der Waals surface area contributed by atoms with Crippen molar-refractivity contribution in [2.45, 2.75) is 33.6 Å². The zero-order valence-electron chi connectivity index (χ0n) is 12.0. The molecule has 0 aliphatic heterocycles. The van der Waals surface area contributed by atoms with Crippen molar-refractivity contribution in [1.29, 1.82) is 0 Å². The molecular weight excluding hydrogens is 270 g/mol. The molecule has 0 fully saturated rings. The SMILES string of the molecule is CCc1ccc(-c2nc(CC(C)C)c(C(=O)O)s2)cc1. The fourth-order valence-corrected chi connectivity index (χ4v) is 2.99. The first-order valence-electron chi connectivity index (χ1n) is 6.83. The largest absolute Gasteiger partial charge is 0.477 e. The summed E-state index contributed by atoms with van der Waals surface area (Å²) in [7, 11) is 0. The molecule has 0 saturated carbocycles. The van der Waals surface area contributed by atoms with Gasteiger partial charge in [0.1, 0.15) is 9.88 Å². The summed E-state index contributed by atoms with van der Waals surface area (Å²) in [5, 5.41) is 10.1. The molecule has 0 radical (unpaired) electrons. The van der Waals surface area contributed by atoms with E-state index in [-0.39, 0.29) is 0 Å². The van der Waals surface area contributed by atoms with Gasteiger partial charge in [0.15, 0.2) is 0 Å². The lowest BCUT2D eigenvalue weighted by atomic mass is 10.1. The van der Waals surface area contributed by atoms with Crippen LogP contribution in [0.15, 0.2) is 24.3 Å². The minimum Gasteiger partial charge on any atom is -0.477 e. The molecular formula is C16H19NO2S. The smallest absolute Gasteiger partial charge is 0.347 e. The number of carbonyl (C=O) groups is 1. The molecule has 0 bridgehead atoms. The molecule has 20 heavy (non-hydrogen) atoms. The van der Waals surface area contributed by atoms with Gasteiger partial charge in [-0.2, -0.15) is 0 Å². The first-order chi connectivity index (χ1) is 9.51. The zero-order valence-corrected chi connectivity index (χ0v) is 12.8. The Balaban J connectivity index is 2.38. The molecule has 0 atom stereocenters. The van der Waals surface area contributed by atoms with E-state index in [0.717, 1.165) is 17.0 Å². The molecule has 2 rings (SSSR count). The highest BCUT2D eigenvalue weighted by molar-refractivity contribution is 7.17. The van der Waals surface area contributed by atoms with Gasteiger partial charge in [-0.1, -0.05) is 45.0 Å². The molecule has 1 aromatic carbocycles. The summed E-state index contributed by atoms with van der Waals surface area (Å²) in [6, 6.07) is 8.17. The van der Waals surface area contributed by atoms with Crippen molar-refractivity contribution in [2.24, 2.45) is 5.92 Å². The average molecular weight is 289 g/mol. The van der Waals surface area contributed by atoms with Gasteiger partial charge in [-0.25, -0.2) is 9.78 Å². The summed E-state index contributed by atoms with van der Waals surface area (Å²) in [6.07, 6.45) is 1.70. The summed E-state index contributed by atoms with van der Waals surface area (Å²) >= 11 is 1.27. The number of carboxylic acids is 1. The Bertz CT molecular complexity index is 599. The number of thiazole rings is 1. The maximum atomic E-state index is 11.3. The highest BCUT2D eigenvalue weighted by atomic mass is 32.1. The van der Waals surface area contributed by atoms with Crippen LogP contribution in [0.5, 0.6) is 0 Å². The second-order valence-electron chi connectivity index (χ2n) is 5.25. The van der Waals surface area contributed by atoms with Crippen molar-refractivity contribution < 1.29 is 9.90 Å². The lowest BCUT2D eigenvalue weighted by molar-refractivity contribution is 0.0700. The maximum absolute atomic E-state index is 11.3. The fourth-order valence-electron chi connectivity index (χ4n) is 2.05. The van der Waals surface area contributed by atoms with Crippen LogP contribution >= 0.6 is 11.3 Å². The summed E-state index contributed by atoms with van der Waals surface area (Å²) < 4.78 is 0. The second-order valence-corrected chi connectivity index (χ2v) is 6.25. The highest BCUT2D eigenvalue weighted by Gasteiger charge is 2.18. The van der Waals surface area contributed by atoms with Crippen LogP contribution in [-0.2, 0) is 12.8 Å². The van der Waals surface area contributed by atoms with E-state index in [1.165, 1.54) is 16.9 Å². The molecule has 4 heteroatoms. The predicted octanol–water partition coefficient (Wildman–Crippen LogP) is 4.27. The van der Waals surface area contributed by atoms with Crippen molar-refractivity contribution in [1.82, 2.24) is 4.98 Å². The van der Waals surface area contributed by atoms with E-state index >= 15 is 0 Å². The number of aromatic carboxylic acids is 1. The molecule has 1 aromatic heterocycles. The van der Waals surface area contributed by atoms with Crippen molar-refractivity contribution in [3.63, 3.8) is 0 Å². The van der Waals surface area contributed by atoms with Gasteiger partial charge in [0.2, 0.25) is 0 Å². The van der Waals surface area contributed by atoms with Gasteiger partial charge in [-0.15, -0.1) is 11.3 Å². The van der Waals surface area contributed by atoms with Crippen molar-refractivity contribution in [3.05, 3.63) is 40.4 Å². The number of carboxylic acid groups (broad SMARTS) is 1. The highest BCUT2D eigenvalue weighted by Crippen LogP contribution is 2.29. The van der Waals surface area contributed by atoms with Gasteiger partial charge < -0.3 is 5.11 Å². The number of hydrogen-bond acceptors (Lipinski definition) is 3. The average Bonchev–Trinajstić information content (AvgIpc) is 2.82. The Morgan fingerprint density at radius 1 is 1.30 bits per heavy atom. The molecule has 0 aliphatic rings. The van der Waals surface area contributed by atoms with Gasteiger partial charge >= 0.3 is 5.97 Å². The Morgan fingerprint density at radius 2 is 1.95 bits per heavy atom. The molecule has 0 spiro atoms. The van der Waals surface area contributed by atoms with Crippen molar-refractivity contribution in [3.8, 4) is 10.6 Å². The number of hydrogen-bond donors (Lipinski definition) is 1. The van der Waals surface area contributed by atoms with E-state index in [0.29, 0.717) is 22.9 Å². The van der Waals surface area contributed by atoms with Crippen LogP contribution in [0.4, 0.5) is 0 Å². The van der Waals surface area contributed by atoms with Crippen LogP contribution < -0.4 is 0 Å². The van der Waals surface area contributed by atoms with E-state index in [9.17, 15) is 9.90 Å². The number of rotatable bonds is 5. The third-order valence-electron chi connectivity index (χ3n) is 3.10. The van der Waals surface area contributed by atoms with Crippen LogP contribution in [-0.4, -0.2) is 16.1 Å². The van der Waals surface area contributed by atoms with E-state index in [1.807, 2.05) is 12.1 Å². The minimum atomic E-state index is -0.880. The Labute approximate surface area is 123 Å². The number of aromatic nitrogens is 1. The van der Waals surface area contributed by atoms with E-state index in [1.54, 1.807) is 0 Å². The zero-order chi connectivity index (χ0) is 14.7. The lowest BCUT2D eigenvalue weighted by Gasteiger charge is -2.01. The number of nitrogens with zero attached hydrogens (tertiary/aromatic N) is 1. The van der Waals surface area contributed by atoms with Crippen molar-refractivity contribution in [2.75, 3.05) is 0 Å². The lowest BCUT2D eigenvalue weighted by Crippen LogP contribution is -2.02. The molecule has 0 saturated heterocycles. The fraction of sp³-hybridized carbons (Fsp3) is 0.375. The summed E-state index contributed by atoms with van der Waals surface area (Å²) in [5.41, 5.74) is 2.96. The monoisotopic (exact) mass is 289 g/mol. The van der Waals surface area contributed by atoms with Crippen LogP contribution in [0.3, 0.4) is 0 Å². The Hall–Kier alpha value is -1.68. The second kappa shape index (κ2) is 6.18. The Morgan fingerprint density at radius 3 is 2.45 bits per heavy atom. The molecule has 1 N–H and O–H groups in total. The topological polar surface area (TPSA) is 50.2 Å². The predicted molar refractivity (Wildman–Crippen MR) is 82.4 cm³/mol. The summed E-state index contributed by atoms with van der Waals surface area (Å²) in [6.45, 7) is 6.25.